The Balaban J connectivity index is 0.000000204. The Morgan fingerprint density at radius 1 is 0.604 bits per heavy atom. The fourth-order valence-electron chi connectivity index (χ4n) is 6.10. The van der Waals surface area contributed by atoms with Crippen LogP contribution >= 0.6 is 15.8 Å². The largest absolute Gasteiger partial charge is 0.379 e. The summed E-state index contributed by atoms with van der Waals surface area (Å²) < 4.78 is 5.50. The monoisotopic (exact) mass is 710 g/mol. The van der Waals surface area contributed by atoms with Gasteiger partial charge in [0.05, 0.1) is 19.9 Å². The topological polar surface area (TPSA) is 15.7 Å². The first-order valence-corrected chi connectivity index (χ1v) is 19.2. The normalized spacial score (nSPS) is 18.5. The molecule has 1 atom stereocenters. The van der Waals surface area contributed by atoms with Gasteiger partial charge in [-0.25, -0.2) is 0 Å². The molecule has 3 aliphatic rings. The van der Waals surface area contributed by atoms with Gasteiger partial charge in [0.1, 0.15) is 0 Å². The molecular weight excluding hydrogens is 666 g/mol. The Hall–Kier alpha value is -1.86. The number of nitrogens with zero attached hydrogens (tertiary/aromatic N) is 2. The molecule has 2 aliphatic carbocycles. The molecule has 48 heavy (non-hydrogen) atoms. The first kappa shape index (κ1) is 37.4. The summed E-state index contributed by atoms with van der Waals surface area (Å²) in [6.07, 6.45) is 15.6. The molecule has 1 aliphatic heterocycles. The maximum absolute atomic E-state index is 5.50. The molecule has 10 radical (unpaired) electrons. The third kappa shape index (κ3) is 9.89. The molecule has 1 heterocycles. The average molecular weight is 711 g/mol. The number of rotatable bonds is 10. The Bertz CT molecular complexity index is 1360. The van der Waals surface area contributed by atoms with E-state index in [-0.39, 0.29) is 17.1 Å². The van der Waals surface area contributed by atoms with E-state index in [2.05, 4.69) is 190 Å². The Morgan fingerprint density at radius 3 is 1.50 bits per heavy atom. The van der Waals surface area contributed by atoms with Crippen molar-refractivity contribution >= 4 is 37.1 Å². The van der Waals surface area contributed by atoms with Crippen LogP contribution in [0.3, 0.4) is 0 Å². The molecule has 4 aromatic carbocycles. The van der Waals surface area contributed by atoms with Gasteiger partial charge < -0.3 is 4.74 Å². The molecule has 0 aromatic heterocycles. The van der Waals surface area contributed by atoms with E-state index in [4.69, 9.17) is 4.74 Å². The van der Waals surface area contributed by atoms with E-state index < -0.39 is 15.8 Å². The van der Waals surface area contributed by atoms with Gasteiger partial charge in [-0.3, -0.25) is 9.80 Å². The number of hydrogen-bond acceptors (Lipinski definition) is 3. The Morgan fingerprint density at radius 2 is 1.04 bits per heavy atom. The zero-order chi connectivity index (χ0) is 32.3. The van der Waals surface area contributed by atoms with Gasteiger partial charge in [-0.05, 0) is 96.0 Å². The zero-order valence-electron chi connectivity index (χ0n) is 27.8. The van der Waals surface area contributed by atoms with Crippen molar-refractivity contribution in [3.8, 4) is 0 Å². The second kappa shape index (κ2) is 19.5. The number of morpholine rings is 1. The van der Waals surface area contributed by atoms with Crippen LogP contribution in [0.15, 0.2) is 121 Å². The minimum absolute atomic E-state index is 0. The Labute approximate surface area is 303 Å². The molecule has 0 bridgehead atoms. The van der Waals surface area contributed by atoms with Gasteiger partial charge in [-0.2, -0.15) is 0 Å². The predicted molar refractivity (Wildman–Crippen MR) is 202 cm³/mol. The van der Waals surface area contributed by atoms with Crippen LogP contribution in [0.4, 0.5) is 0 Å². The van der Waals surface area contributed by atoms with E-state index in [0.717, 1.165) is 33.0 Å². The van der Waals surface area contributed by atoms with Crippen molar-refractivity contribution in [2.75, 3.05) is 40.0 Å². The average Bonchev–Trinajstić information content (AvgIpc) is 3.84. The first-order chi connectivity index (χ1) is 23.2. The summed E-state index contributed by atoms with van der Waals surface area (Å²) in [4.78, 5) is 4.95. The molecule has 0 amide bonds. The minimum atomic E-state index is -0.567. The van der Waals surface area contributed by atoms with Crippen LogP contribution in [-0.2, 0) is 21.8 Å². The third-order valence-electron chi connectivity index (χ3n) is 8.67. The summed E-state index contributed by atoms with van der Waals surface area (Å²) >= 11 is 0. The van der Waals surface area contributed by atoms with Crippen LogP contribution < -0.4 is 21.2 Å². The number of ether oxygens (including phenoxy) is 1. The summed E-state index contributed by atoms with van der Waals surface area (Å²) in [7, 11) is 1.26. The summed E-state index contributed by atoms with van der Waals surface area (Å²) in [6, 6.07) is 43.8. The molecular formula is C42H44FeN2OP2. The van der Waals surface area contributed by atoms with Crippen LogP contribution in [0.5, 0.6) is 0 Å². The van der Waals surface area contributed by atoms with Crippen molar-refractivity contribution in [3.63, 3.8) is 0 Å². The molecule has 6 heteroatoms. The molecule has 7 rings (SSSR count). The summed E-state index contributed by atoms with van der Waals surface area (Å²) in [5.74, 6) is 1.44. The van der Waals surface area contributed by atoms with Gasteiger partial charge in [0.15, 0.2) is 0 Å². The maximum Gasteiger partial charge on any atom is 0.0594 e. The van der Waals surface area contributed by atoms with E-state index in [1.54, 1.807) is 0 Å². The van der Waals surface area contributed by atoms with Crippen molar-refractivity contribution < 1.29 is 21.8 Å². The standard InChI is InChI=1S/C25H30N2OP.C17H14P.Fe/c1-21(26(2)20-27-16-18-28-19-17-27)24-14-9-15-25(24)29(22-10-5-3-6-11-22)23-12-7-4-8-13-23;1-3-9-15(10-4-1)18(17-13-7-8-14-17)16-11-5-2-6-12-16;/h3-15,21H,16-20H2,1-2H3;1-14H;/t21-;;/m1../s1. The molecule has 246 valence electrons. The van der Waals surface area contributed by atoms with Crippen molar-refractivity contribution in [1.82, 2.24) is 9.80 Å². The first-order valence-electron chi connectivity index (χ1n) is 16.5. The van der Waals surface area contributed by atoms with Gasteiger partial charge in [0, 0.05) is 53.4 Å². The van der Waals surface area contributed by atoms with E-state index >= 15 is 0 Å². The van der Waals surface area contributed by atoms with Gasteiger partial charge in [-0.1, -0.05) is 121 Å². The summed E-state index contributed by atoms with van der Waals surface area (Å²) in [5, 5.41) is 5.63. The molecule has 0 spiro atoms. The number of hydrogen-bond donors (Lipinski definition) is 0. The Kier molecular flexibility index (Phi) is 15.2. The molecule has 2 saturated carbocycles. The van der Waals surface area contributed by atoms with E-state index in [0.29, 0.717) is 6.04 Å². The van der Waals surface area contributed by atoms with Crippen molar-refractivity contribution in [2.45, 2.75) is 13.0 Å². The third-order valence-corrected chi connectivity index (χ3v) is 13.6. The quantitative estimate of drug-likeness (QED) is 0.131. The second-order valence-electron chi connectivity index (χ2n) is 11.8. The molecule has 0 unspecified atom stereocenters. The second-order valence-corrected chi connectivity index (χ2v) is 16.2. The van der Waals surface area contributed by atoms with Crippen molar-refractivity contribution in [2.24, 2.45) is 0 Å². The molecule has 1 saturated heterocycles. The number of benzene rings is 4. The van der Waals surface area contributed by atoms with Gasteiger partial charge in [0.2, 0.25) is 0 Å². The van der Waals surface area contributed by atoms with E-state index in [1.807, 2.05) is 0 Å². The van der Waals surface area contributed by atoms with E-state index in [9.17, 15) is 0 Å². The SMILES string of the molecule is C[C@H]([C]1[CH][CH][CH][C]1P(c1ccccc1)c1ccccc1)N(C)CN1CCOCC1.[CH]1[CH][CH][C](P(c2ccccc2)c2ccccc2)[CH]1.[Fe]. The maximum atomic E-state index is 5.50. The molecule has 4 aromatic rings. The summed E-state index contributed by atoms with van der Waals surface area (Å²) in [6.45, 7) is 7.04. The molecule has 3 fully saturated rings. The zero-order valence-corrected chi connectivity index (χ0v) is 30.6. The fraction of sp³-hybridized carbons (Fsp3) is 0.190. The fourth-order valence-corrected chi connectivity index (χ4v) is 11.0. The van der Waals surface area contributed by atoms with Crippen molar-refractivity contribution in [1.29, 1.82) is 0 Å². The van der Waals surface area contributed by atoms with Gasteiger partial charge in [0.25, 0.3) is 0 Å². The van der Waals surface area contributed by atoms with Crippen molar-refractivity contribution in [3.05, 3.63) is 184 Å². The summed E-state index contributed by atoms with van der Waals surface area (Å²) in [5.41, 5.74) is 2.89. The molecule has 0 N–H and O–H groups in total. The van der Waals surface area contributed by atoms with Crippen LogP contribution in [0.25, 0.3) is 0 Å². The van der Waals surface area contributed by atoms with E-state index in [1.165, 1.54) is 38.5 Å². The van der Waals surface area contributed by atoms with Crippen LogP contribution in [0, 0.1) is 62.2 Å². The van der Waals surface area contributed by atoms with Gasteiger partial charge >= 0.3 is 0 Å². The van der Waals surface area contributed by atoms with Gasteiger partial charge in [-0.15, -0.1) is 0 Å². The van der Waals surface area contributed by atoms with Crippen LogP contribution in [0.1, 0.15) is 6.92 Å². The molecule has 3 nitrogen and oxygen atoms in total. The minimum Gasteiger partial charge on any atom is -0.379 e. The van der Waals surface area contributed by atoms with Crippen LogP contribution in [-0.4, -0.2) is 55.9 Å². The van der Waals surface area contributed by atoms with Crippen LogP contribution in [0.2, 0.25) is 0 Å². The predicted octanol–water partition coefficient (Wildman–Crippen LogP) is 6.94. The smallest absolute Gasteiger partial charge is 0.0594 e.